The van der Waals surface area contributed by atoms with Gasteiger partial charge < -0.3 is 15.0 Å². The molecule has 0 unspecified atom stereocenters. The van der Waals surface area contributed by atoms with Gasteiger partial charge in [-0.3, -0.25) is 4.79 Å². The Morgan fingerprint density at radius 1 is 1.15 bits per heavy atom. The van der Waals surface area contributed by atoms with Crippen LogP contribution in [0.3, 0.4) is 0 Å². The minimum absolute atomic E-state index is 0.0793. The molecule has 1 saturated heterocycles. The quantitative estimate of drug-likeness (QED) is 0.778. The van der Waals surface area contributed by atoms with E-state index in [1.807, 2.05) is 24.3 Å². The van der Waals surface area contributed by atoms with Gasteiger partial charge in [0, 0.05) is 18.2 Å². The van der Waals surface area contributed by atoms with Crippen LogP contribution >= 0.6 is 0 Å². The maximum atomic E-state index is 12.5. The average molecular weight is 367 g/mol. The van der Waals surface area contributed by atoms with Crippen LogP contribution < -0.4 is 10.1 Å². The van der Waals surface area contributed by atoms with Crippen molar-refractivity contribution < 1.29 is 9.53 Å². The van der Waals surface area contributed by atoms with Crippen LogP contribution in [0.15, 0.2) is 54.6 Å². The molecule has 1 atom stereocenters. The van der Waals surface area contributed by atoms with Crippen molar-refractivity contribution in [1.82, 2.24) is 10.2 Å². The van der Waals surface area contributed by atoms with Crippen LogP contribution in [-0.2, 0) is 17.6 Å². The molecule has 144 valence electrons. The molecule has 1 aliphatic heterocycles. The molecule has 1 fully saturated rings. The highest BCUT2D eigenvalue weighted by Crippen LogP contribution is 2.18. The number of hydrogen-bond donors (Lipinski definition) is 1. The number of nitrogens with one attached hydrogen (secondary N) is 1. The largest absolute Gasteiger partial charge is 0.496 e. The van der Waals surface area contributed by atoms with Crippen molar-refractivity contribution in [2.24, 2.45) is 0 Å². The first kappa shape index (κ1) is 19.4. The number of piperidine rings is 1. The fourth-order valence-electron chi connectivity index (χ4n) is 3.83. The Balaban J connectivity index is 1.43. The first-order valence-corrected chi connectivity index (χ1v) is 9.92. The molecule has 0 aromatic heterocycles. The maximum Gasteiger partial charge on any atom is 0.224 e. The van der Waals surface area contributed by atoms with Gasteiger partial charge >= 0.3 is 0 Å². The average Bonchev–Trinajstić information content (AvgIpc) is 2.69. The minimum atomic E-state index is 0.0793. The summed E-state index contributed by atoms with van der Waals surface area (Å²) in [5, 5.41) is 3.22. The number of para-hydroxylation sites is 1. The summed E-state index contributed by atoms with van der Waals surface area (Å²) >= 11 is 0. The van der Waals surface area contributed by atoms with E-state index in [1.165, 1.54) is 5.56 Å². The Kier molecular flexibility index (Phi) is 7.28. The predicted molar refractivity (Wildman–Crippen MR) is 109 cm³/mol. The number of amides is 1. The van der Waals surface area contributed by atoms with Crippen molar-refractivity contribution in [3.63, 3.8) is 0 Å². The molecule has 0 radical (unpaired) electrons. The first-order chi connectivity index (χ1) is 13.2. The van der Waals surface area contributed by atoms with E-state index in [2.05, 4.69) is 40.5 Å². The molecule has 27 heavy (non-hydrogen) atoms. The summed E-state index contributed by atoms with van der Waals surface area (Å²) in [7, 11) is 1.64. The van der Waals surface area contributed by atoms with Crippen LogP contribution in [0, 0.1) is 0 Å². The monoisotopic (exact) mass is 366 g/mol. The topological polar surface area (TPSA) is 41.6 Å². The van der Waals surface area contributed by atoms with Crippen LogP contribution in [0.25, 0.3) is 0 Å². The highest BCUT2D eigenvalue weighted by atomic mass is 16.5. The minimum Gasteiger partial charge on any atom is -0.496 e. The highest BCUT2D eigenvalue weighted by Gasteiger charge is 2.21. The number of hydrogen-bond acceptors (Lipinski definition) is 3. The van der Waals surface area contributed by atoms with Gasteiger partial charge in [-0.25, -0.2) is 0 Å². The zero-order valence-electron chi connectivity index (χ0n) is 16.2. The van der Waals surface area contributed by atoms with Crippen LogP contribution in [0.1, 0.15) is 30.4 Å². The van der Waals surface area contributed by atoms with Gasteiger partial charge in [0.15, 0.2) is 0 Å². The maximum absolute atomic E-state index is 12.5. The third kappa shape index (κ3) is 6.10. The highest BCUT2D eigenvalue weighted by molar-refractivity contribution is 5.79. The molecular weight excluding hydrogens is 336 g/mol. The Hall–Kier alpha value is -2.33. The molecule has 4 nitrogen and oxygen atoms in total. The molecule has 0 spiro atoms. The second kappa shape index (κ2) is 10.1. The number of rotatable bonds is 8. The summed E-state index contributed by atoms with van der Waals surface area (Å²) in [4.78, 5) is 15.0. The molecule has 4 heteroatoms. The van der Waals surface area contributed by atoms with Crippen molar-refractivity contribution in [2.45, 2.75) is 38.1 Å². The Bertz CT molecular complexity index is 717. The molecule has 0 bridgehead atoms. The van der Waals surface area contributed by atoms with Crippen molar-refractivity contribution in [3.8, 4) is 5.75 Å². The Morgan fingerprint density at radius 3 is 2.74 bits per heavy atom. The molecule has 2 aromatic carbocycles. The Morgan fingerprint density at radius 2 is 1.93 bits per heavy atom. The van der Waals surface area contributed by atoms with Crippen LogP contribution in [0.5, 0.6) is 5.75 Å². The smallest absolute Gasteiger partial charge is 0.224 e. The third-order valence-electron chi connectivity index (χ3n) is 5.20. The summed E-state index contributed by atoms with van der Waals surface area (Å²) in [5.74, 6) is 0.856. The van der Waals surface area contributed by atoms with Crippen molar-refractivity contribution >= 4 is 5.91 Å². The number of benzene rings is 2. The van der Waals surface area contributed by atoms with E-state index in [4.69, 9.17) is 4.74 Å². The lowest BCUT2D eigenvalue weighted by Crippen LogP contribution is -2.48. The van der Waals surface area contributed by atoms with Gasteiger partial charge in [-0.05, 0) is 50.4 Å². The molecule has 1 aliphatic rings. The fraction of sp³-hybridized carbons (Fsp3) is 0.435. The van der Waals surface area contributed by atoms with Crippen molar-refractivity contribution in [2.75, 3.05) is 26.7 Å². The standard InChI is InChI=1S/C23H30N2O2/c1-27-22-14-6-5-12-20(22)17-23(26)24-21-13-8-16-25(18-21)15-7-11-19-9-3-2-4-10-19/h2-6,9-10,12,14,21H,7-8,11,13,15-18H2,1H3,(H,24,26)/t21-/m1/s1. The number of aryl methyl sites for hydroxylation is 1. The number of methoxy groups -OCH3 is 1. The zero-order chi connectivity index (χ0) is 18.9. The first-order valence-electron chi connectivity index (χ1n) is 9.92. The third-order valence-corrected chi connectivity index (χ3v) is 5.20. The number of ether oxygens (including phenoxy) is 1. The normalized spacial score (nSPS) is 17.4. The van der Waals surface area contributed by atoms with E-state index in [0.717, 1.165) is 56.6 Å². The van der Waals surface area contributed by atoms with Crippen molar-refractivity contribution in [1.29, 1.82) is 0 Å². The number of nitrogens with zero attached hydrogens (tertiary/aromatic N) is 1. The van der Waals surface area contributed by atoms with Gasteiger partial charge in [0.05, 0.1) is 13.5 Å². The molecule has 1 heterocycles. The summed E-state index contributed by atoms with van der Waals surface area (Å²) < 4.78 is 5.35. The Labute approximate surface area is 162 Å². The van der Waals surface area contributed by atoms with E-state index in [9.17, 15) is 4.79 Å². The van der Waals surface area contributed by atoms with E-state index >= 15 is 0 Å². The predicted octanol–water partition coefficient (Wildman–Crippen LogP) is 3.45. The van der Waals surface area contributed by atoms with Gasteiger partial charge in [0.25, 0.3) is 0 Å². The van der Waals surface area contributed by atoms with Gasteiger partial charge in [0.2, 0.25) is 5.91 Å². The summed E-state index contributed by atoms with van der Waals surface area (Å²) in [6.45, 7) is 3.17. The zero-order valence-corrected chi connectivity index (χ0v) is 16.2. The van der Waals surface area contributed by atoms with Gasteiger partial charge in [0.1, 0.15) is 5.75 Å². The van der Waals surface area contributed by atoms with E-state index in [-0.39, 0.29) is 11.9 Å². The lowest BCUT2D eigenvalue weighted by Gasteiger charge is -2.33. The second-order valence-corrected chi connectivity index (χ2v) is 7.29. The molecule has 1 amide bonds. The van der Waals surface area contributed by atoms with Gasteiger partial charge in [-0.15, -0.1) is 0 Å². The number of likely N-dealkylation sites (tertiary alicyclic amines) is 1. The lowest BCUT2D eigenvalue weighted by atomic mass is 10.0. The summed E-state index contributed by atoms with van der Waals surface area (Å²) in [6, 6.07) is 18.6. The molecule has 3 rings (SSSR count). The molecular formula is C23H30N2O2. The second-order valence-electron chi connectivity index (χ2n) is 7.29. The van der Waals surface area contributed by atoms with Crippen LogP contribution in [0.4, 0.5) is 0 Å². The molecule has 0 saturated carbocycles. The fourth-order valence-corrected chi connectivity index (χ4v) is 3.83. The number of carbonyl (C=O) groups is 1. The van der Waals surface area contributed by atoms with Crippen LogP contribution in [0.2, 0.25) is 0 Å². The van der Waals surface area contributed by atoms with Crippen LogP contribution in [-0.4, -0.2) is 43.6 Å². The number of carbonyl (C=O) groups excluding carboxylic acids is 1. The van der Waals surface area contributed by atoms with Gasteiger partial charge in [-0.2, -0.15) is 0 Å². The van der Waals surface area contributed by atoms with Crippen molar-refractivity contribution in [3.05, 3.63) is 65.7 Å². The summed E-state index contributed by atoms with van der Waals surface area (Å²) in [6.07, 6.45) is 4.85. The molecule has 2 aromatic rings. The van der Waals surface area contributed by atoms with Gasteiger partial charge in [-0.1, -0.05) is 48.5 Å². The molecule has 0 aliphatic carbocycles. The van der Waals surface area contributed by atoms with E-state index in [1.54, 1.807) is 7.11 Å². The SMILES string of the molecule is COc1ccccc1CC(=O)N[C@@H]1CCCN(CCCc2ccccc2)C1. The lowest BCUT2D eigenvalue weighted by molar-refractivity contribution is -0.121. The molecule has 1 N–H and O–H groups in total. The summed E-state index contributed by atoms with van der Waals surface area (Å²) in [5.41, 5.74) is 2.34. The van der Waals surface area contributed by atoms with E-state index < -0.39 is 0 Å². The van der Waals surface area contributed by atoms with E-state index in [0.29, 0.717) is 6.42 Å².